The molecule has 0 radical (unpaired) electrons. The van der Waals surface area contributed by atoms with Gasteiger partial charge < -0.3 is 9.47 Å². The predicted molar refractivity (Wildman–Crippen MR) is 80.3 cm³/mol. The van der Waals surface area contributed by atoms with Gasteiger partial charge in [-0.2, -0.15) is 13.9 Å². The zero-order chi connectivity index (χ0) is 16.2. The number of hydrogen-bond donors (Lipinski definition) is 0. The van der Waals surface area contributed by atoms with E-state index in [9.17, 15) is 8.78 Å². The molecule has 0 spiro atoms. The highest BCUT2D eigenvalue weighted by atomic mass is 19.3. The number of alkyl halides is 2. The number of ether oxygens (including phenoxy) is 2. The van der Waals surface area contributed by atoms with E-state index >= 15 is 0 Å². The minimum atomic E-state index is -2.82. The van der Waals surface area contributed by atoms with Gasteiger partial charge in [-0.3, -0.25) is 9.58 Å². The van der Waals surface area contributed by atoms with Gasteiger partial charge in [0.15, 0.2) is 0 Å². The molecule has 1 atom stereocenters. The van der Waals surface area contributed by atoms with Gasteiger partial charge in [-0.25, -0.2) is 0 Å². The summed E-state index contributed by atoms with van der Waals surface area (Å²) >= 11 is 0. The van der Waals surface area contributed by atoms with Crippen molar-refractivity contribution >= 4 is 0 Å². The van der Waals surface area contributed by atoms with Crippen molar-refractivity contribution < 1.29 is 18.3 Å². The summed E-state index contributed by atoms with van der Waals surface area (Å²) in [4.78, 5) is 2.27. The molecule has 2 heterocycles. The van der Waals surface area contributed by atoms with Crippen LogP contribution in [0.2, 0.25) is 0 Å². The molecule has 1 aliphatic heterocycles. The zero-order valence-electron chi connectivity index (χ0n) is 12.9. The van der Waals surface area contributed by atoms with E-state index in [0.29, 0.717) is 13.2 Å². The van der Waals surface area contributed by atoms with Crippen LogP contribution in [0.1, 0.15) is 17.4 Å². The molecule has 0 bridgehead atoms. The third-order valence-electron chi connectivity index (χ3n) is 3.91. The Kier molecular flexibility index (Phi) is 4.88. The standard InChI is InChI=1S/C16H19F2N3O2/c1-20-13(5-6-19-20)10-21-7-8-22-15(11-21)12-3-2-4-14(9-12)23-16(17)18/h2-6,9,15-16H,7-8,10-11H2,1H3/t15-/m0/s1. The quantitative estimate of drug-likeness (QED) is 0.848. The molecule has 1 fully saturated rings. The van der Waals surface area contributed by atoms with Crippen LogP contribution in [0.5, 0.6) is 5.75 Å². The maximum absolute atomic E-state index is 12.3. The van der Waals surface area contributed by atoms with Crippen LogP contribution in [0.25, 0.3) is 0 Å². The highest BCUT2D eigenvalue weighted by Crippen LogP contribution is 2.26. The lowest BCUT2D eigenvalue weighted by Gasteiger charge is -2.33. The van der Waals surface area contributed by atoms with Crippen molar-refractivity contribution in [1.29, 1.82) is 0 Å². The molecular formula is C16H19F2N3O2. The van der Waals surface area contributed by atoms with Gasteiger partial charge in [-0.15, -0.1) is 0 Å². The molecule has 1 aromatic carbocycles. The Morgan fingerprint density at radius 3 is 3.00 bits per heavy atom. The van der Waals surface area contributed by atoms with Gasteiger partial charge in [0.2, 0.25) is 0 Å². The number of aryl methyl sites for hydroxylation is 1. The molecule has 0 amide bonds. The van der Waals surface area contributed by atoms with E-state index in [0.717, 1.165) is 24.3 Å². The van der Waals surface area contributed by atoms with Crippen molar-refractivity contribution in [3.05, 3.63) is 47.8 Å². The molecule has 7 heteroatoms. The van der Waals surface area contributed by atoms with E-state index in [-0.39, 0.29) is 11.9 Å². The molecule has 0 aliphatic carbocycles. The molecule has 1 saturated heterocycles. The van der Waals surface area contributed by atoms with Crippen molar-refractivity contribution in [2.24, 2.45) is 7.05 Å². The first-order valence-electron chi connectivity index (χ1n) is 7.47. The first-order chi connectivity index (χ1) is 11.1. The first-order valence-corrected chi connectivity index (χ1v) is 7.47. The Labute approximate surface area is 133 Å². The summed E-state index contributed by atoms with van der Waals surface area (Å²) in [5.41, 5.74) is 1.97. The van der Waals surface area contributed by atoms with E-state index < -0.39 is 6.61 Å². The fraction of sp³-hybridized carbons (Fsp3) is 0.438. The summed E-state index contributed by atoms with van der Waals surface area (Å²) in [5, 5.41) is 4.17. The Hall–Kier alpha value is -1.99. The van der Waals surface area contributed by atoms with Crippen LogP contribution in [0.4, 0.5) is 8.78 Å². The minimum absolute atomic E-state index is 0.154. The third-order valence-corrected chi connectivity index (χ3v) is 3.91. The maximum Gasteiger partial charge on any atom is 0.387 e. The summed E-state index contributed by atoms with van der Waals surface area (Å²) in [6.45, 7) is 0.0865. The van der Waals surface area contributed by atoms with Crippen LogP contribution in [0, 0.1) is 0 Å². The van der Waals surface area contributed by atoms with Crippen LogP contribution < -0.4 is 4.74 Å². The van der Waals surface area contributed by atoms with Crippen LogP contribution in [-0.2, 0) is 18.3 Å². The van der Waals surface area contributed by atoms with E-state index in [1.807, 2.05) is 23.9 Å². The lowest BCUT2D eigenvalue weighted by Crippen LogP contribution is -2.38. The fourth-order valence-corrected chi connectivity index (χ4v) is 2.72. The van der Waals surface area contributed by atoms with Crippen molar-refractivity contribution in [3.63, 3.8) is 0 Å². The lowest BCUT2D eigenvalue weighted by molar-refractivity contribution is -0.0509. The van der Waals surface area contributed by atoms with Gasteiger partial charge >= 0.3 is 6.61 Å². The number of benzene rings is 1. The number of rotatable bonds is 5. The van der Waals surface area contributed by atoms with Crippen LogP contribution in [0.3, 0.4) is 0 Å². The maximum atomic E-state index is 12.3. The second kappa shape index (κ2) is 7.06. The molecule has 0 N–H and O–H groups in total. The highest BCUT2D eigenvalue weighted by molar-refractivity contribution is 5.30. The molecule has 3 rings (SSSR count). The smallest absolute Gasteiger partial charge is 0.387 e. The molecule has 0 unspecified atom stereocenters. The molecule has 2 aromatic rings. The van der Waals surface area contributed by atoms with Gasteiger partial charge in [-0.05, 0) is 23.8 Å². The Morgan fingerprint density at radius 1 is 1.39 bits per heavy atom. The number of halogens is 2. The lowest BCUT2D eigenvalue weighted by atomic mass is 10.1. The molecule has 124 valence electrons. The second-order valence-corrected chi connectivity index (χ2v) is 5.49. The molecule has 1 aliphatic rings. The topological polar surface area (TPSA) is 39.5 Å². The van der Waals surface area contributed by atoms with Gasteiger partial charge in [0.25, 0.3) is 0 Å². The number of aromatic nitrogens is 2. The van der Waals surface area contributed by atoms with E-state index in [2.05, 4.69) is 14.7 Å². The fourth-order valence-electron chi connectivity index (χ4n) is 2.72. The Balaban J connectivity index is 1.67. The van der Waals surface area contributed by atoms with Gasteiger partial charge in [0.1, 0.15) is 5.75 Å². The largest absolute Gasteiger partial charge is 0.435 e. The Bertz CT molecular complexity index is 648. The third kappa shape index (κ3) is 4.05. The summed E-state index contributed by atoms with van der Waals surface area (Å²) in [6.07, 6.45) is 1.62. The molecule has 1 aromatic heterocycles. The van der Waals surface area contributed by atoms with Crippen molar-refractivity contribution in [1.82, 2.24) is 14.7 Å². The van der Waals surface area contributed by atoms with Crippen LogP contribution >= 0.6 is 0 Å². The van der Waals surface area contributed by atoms with Crippen molar-refractivity contribution in [2.75, 3.05) is 19.7 Å². The molecule has 0 saturated carbocycles. The zero-order valence-corrected chi connectivity index (χ0v) is 12.9. The van der Waals surface area contributed by atoms with Gasteiger partial charge in [0.05, 0.1) is 18.4 Å². The minimum Gasteiger partial charge on any atom is -0.435 e. The summed E-state index contributed by atoms with van der Waals surface area (Å²) in [7, 11) is 1.92. The number of hydrogen-bond acceptors (Lipinski definition) is 4. The summed E-state index contributed by atoms with van der Waals surface area (Å²) < 4.78 is 36.8. The monoisotopic (exact) mass is 323 g/mol. The SMILES string of the molecule is Cn1nccc1CN1CCO[C@H](c2cccc(OC(F)F)c2)C1. The normalized spacial score (nSPS) is 19.2. The average molecular weight is 323 g/mol. The highest BCUT2D eigenvalue weighted by Gasteiger charge is 2.23. The van der Waals surface area contributed by atoms with Crippen molar-refractivity contribution in [2.45, 2.75) is 19.3 Å². The predicted octanol–water partition coefficient (Wildman–Crippen LogP) is 2.60. The molecular weight excluding hydrogens is 304 g/mol. The van der Waals surface area contributed by atoms with Crippen LogP contribution in [-0.4, -0.2) is 41.0 Å². The van der Waals surface area contributed by atoms with E-state index in [1.54, 1.807) is 18.3 Å². The van der Waals surface area contributed by atoms with E-state index in [4.69, 9.17) is 4.74 Å². The Morgan fingerprint density at radius 2 is 2.26 bits per heavy atom. The first kappa shape index (κ1) is 15.9. The molecule has 5 nitrogen and oxygen atoms in total. The average Bonchev–Trinajstić information content (AvgIpc) is 2.92. The van der Waals surface area contributed by atoms with Gasteiger partial charge in [0, 0.05) is 32.9 Å². The summed E-state index contributed by atoms with van der Waals surface area (Å²) in [6, 6.07) is 8.70. The van der Waals surface area contributed by atoms with Crippen molar-refractivity contribution in [3.8, 4) is 5.75 Å². The van der Waals surface area contributed by atoms with E-state index in [1.165, 1.54) is 6.07 Å². The van der Waals surface area contributed by atoms with Gasteiger partial charge in [-0.1, -0.05) is 12.1 Å². The number of nitrogens with zero attached hydrogens (tertiary/aromatic N) is 3. The number of morpholine rings is 1. The van der Waals surface area contributed by atoms with Crippen LogP contribution in [0.15, 0.2) is 36.5 Å². The molecule has 23 heavy (non-hydrogen) atoms. The second-order valence-electron chi connectivity index (χ2n) is 5.49. The summed E-state index contributed by atoms with van der Waals surface area (Å²) in [5.74, 6) is 0.157.